The van der Waals surface area contributed by atoms with E-state index in [9.17, 15) is 26.5 Å². The molecule has 0 aliphatic heterocycles. The van der Waals surface area contributed by atoms with Gasteiger partial charge in [0.25, 0.3) is 0 Å². The summed E-state index contributed by atoms with van der Waals surface area (Å²) in [5, 5.41) is 0. The van der Waals surface area contributed by atoms with Crippen molar-refractivity contribution in [3.8, 4) is 5.75 Å². The van der Waals surface area contributed by atoms with Gasteiger partial charge in [-0.1, -0.05) is 16.5 Å². The Morgan fingerprint density at radius 1 is 1.25 bits per heavy atom. The highest BCUT2D eigenvalue weighted by Gasteiger charge is 2.32. The Hall–Kier alpha value is -1.39. The third-order valence-electron chi connectivity index (χ3n) is 2.48. The lowest BCUT2D eigenvalue weighted by atomic mass is 10.1. The van der Waals surface area contributed by atoms with Gasteiger partial charge in [0.05, 0.1) is 0 Å². The van der Waals surface area contributed by atoms with E-state index in [1.165, 1.54) is 18.2 Å². The van der Waals surface area contributed by atoms with Crippen molar-refractivity contribution in [2.45, 2.75) is 38.5 Å². The molecular weight excluding hydrogens is 357 g/mol. The molecular formula is C14H16F5NO3S. The first-order chi connectivity index (χ1) is 10.9. The van der Waals surface area contributed by atoms with Crippen LogP contribution in [0.5, 0.6) is 5.75 Å². The van der Waals surface area contributed by atoms with Crippen molar-refractivity contribution < 1.29 is 36.0 Å². The minimum Gasteiger partial charge on any atom is -0.591 e. The largest absolute Gasteiger partial charge is 0.591 e. The van der Waals surface area contributed by atoms with E-state index in [1.807, 2.05) is 0 Å². The van der Waals surface area contributed by atoms with E-state index < -0.39 is 35.7 Å². The fourth-order valence-corrected chi connectivity index (χ4v) is 2.03. The molecule has 136 valence electrons. The van der Waals surface area contributed by atoms with Crippen LogP contribution in [0.1, 0.15) is 26.3 Å². The van der Waals surface area contributed by atoms with Crippen LogP contribution in [-0.2, 0) is 16.1 Å². The van der Waals surface area contributed by atoms with Gasteiger partial charge < -0.3 is 9.29 Å². The van der Waals surface area contributed by atoms with E-state index in [-0.39, 0.29) is 17.0 Å². The van der Waals surface area contributed by atoms with Crippen molar-refractivity contribution in [2.24, 2.45) is 4.40 Å². The average Bonchev–Trinajstić information content (AvgIpc) is 2.40. The van der Waals surface area contributed by atoms with Crippen molar-refractivity contribution in [1.29, 1.82) is 0 Å². The zero-order chi connectivity index (χ0) is 18.5. The second-order valence-electron chi connectivity index (χ2n) is 5.54. The molecule has 0 aliphatic rings. The van der Waals surface area contributed by atoms with Crippen LogP contribution in [0.25, 0.3) is 0 Å². The molecule has 0 heterocycles. The predicted octanol–water partition coefficient (Wildman–Crippen LogP) is 4.08. The summed E-state index contributed by atoms with van der Waals surface area (Å²) < 4.78 is 84.3. The number of ether oxygens (including phenoxy) is 2. The van der Waals surface area contributed by atoms with E-state index in [0.29, 0.717) is 0 Å². The molecule has 0 unspecified atom stereocenters. The fraction of sp³-hybridized carbons (Fsp3) is 0.500. The predicted molar refractivity (Wildman–Crippen MR) is 79.5 cm³/mol. The summed E-state index contributed by atoms with van der Waals surface area (Å²) in [7, 11) is 0. The van der Waals surface area contributed by atoms with E-state index in [2.05, 4.69) is 13.9 Å². The monoisotopic (exact) mass is 373 g/mol. The molecule has 10 heteroatoms. The van der Waals surface area contributed by atoms with Gasteiger partial charge in [-0.05, 0) is 32.9 Å². The molecule has 0 aliphatic carbocycles. The van der Waals surface area contributed by atoms with Crippen LogP contribution in [0, 0.1) is 0 Å². The number of rotatable bonds is 6. The first-order valence-corrected chi connectivity index (χ1v) is 7.74. The van der Waals surface area contributed by atoms with E-state index in [4.69, 9.17) is 0 Å². The number of hydrogen-bond acceptors (Lipinski definition) is 4. The molecule has 24 heavy (non-hydrogen) atoms. The maximum atomic E-state index is 12.3. The average molecular weight is 373 g/mol. The van der Waals surface area contributed by atoms with Gasteiger partial charge >= 0.3 is 13.0 Å². The number of benzene rings is 1. The molecule has 0 bridgehead atoms. The van der Waals surface area contributed by atoms with Crippen molar-refractivity contribution in [1.82, 2.24) is 0 Å². The van der Waals surface area contributed by atoms with Crippen molar-refractivity contribution in [3.05, 3.63) is 29.8 Å². The molecule has 0 saturated carbocycles. The number of hydrogen-bond donors (Lipinski definition) is 0. The highest BCUT2D eigenvalue weighted by molar-refractivity contribution is 7.91. The Morgan fingerprint density at radius 3 is 2.38 bits per heavy atom. The Bertz CT molecular complexity index is 572. The van der Waals surface area contributed by atoms with Crippen LogP contribution in [0.3, 0.4) is 0 Å². The van der Waals surface area contributed by atoms with Crippen LogP contribution in [0.2, 0.25) is 0 Å². The van der Waals surface area contributed by atoms with Gasteiger partial charge in [0.2, 0.25) is 0 Å². The molecule has 0 fully saturated rings. The van der Waals surface area contributed by atoms with Gasteiger partial charge in [0.1, 0.15) is 34.2 Å². The lowest BCUT2D eigenvalue weighted by Crippen LogP contribution is -2.29. The molecule has 0 spiro atoms. The summed E-state index contributed by atoms with van der Waals surface area (Å²) in [5.41, 5.74) is -0.254. The third kappa shape index (κ3) is 7.45. The van der Waals surface area contributed by atoms with Gasteiger partial charge in [0, 0.05) is 5.56 Å². The molecule has 1 aromatic rings. The second kappa shape index (κ2) is 8.13. The number of halogens is 5. The maximum Gasteiger partial charge on any atom is 0.522 e. The van der Waals surface area contributed by atoms with Crippen molar-refractivity contribution in [2.75, 3.05) is 6.61 Å². The Morgan fingerprint density at radius 2 is 1.88 bits per heavy atom. The fourth-order valence-electron chi connectivity index (χ4n) is 1.40. The Labute approximate surface area is 139 Å². The second-order valence-corrected chi connectivity index (χ2v) is 7.45. The standard InChI is InChI=1S/C14H16F5NO3S/c1-13(2,3)24(21)20-11(8-22-14(17,18)19)9-5-4-6-10(7-9)23-12(15)16/h4-7,12H,8H2,1-3H3/b20-11-/t24-/m1/s1. The first kappa shape index (κ1) is 20.7. The van der Waals surface area contributed by atoms with E-state index in [1.54, 1.807) is 20.8 Å². The third-order valence-corrected chi connectivity index (χ3v) is 3.92. The van der Waals surface area contributed by atoms with Gasteiger partial charge in [-0.2, -0.15) is 8.78 Å². The van der Waals surface area contributed by atoms with E-state index >= 15 is 0 Å². The summed E-state index contributed by atoms with van der Waals surface area (Å²) in [6.45, 7) is 0.668. The smallest absolute Gasteiger partial charge is 0.522 e. The zero-order valence-corrected chi connectivity index (χ0v) is 13.9. The summed E-state index contributed by atoms with van der Waals surface area (Å²) in [6, 6.07) is 4.91. The van der Waals surface area contributed by atoms with Gasteiger partial charge in [-0.3, -0.25) is 4.74 Å². The highest BCUT2D eigenvalue weighted by atomic mass is 32.2. The minimum absolute atomic E-state index is 0.0370. The molecule has 0 N–H and O–H groups in total. The topological polar surface area (TPSA) is 53.9 Å². The molecule has 0 amide bonds. The van der Waals surface area contributed by atoms with Crippen LogP contribution in [0.15, 0.2) is 28.7 Å². The van der Waals surface area contributed by atoms with Crippen LogP contribution in [-0.4, -0.2) is 34.6 Å². The Balaban J connectivity index is 3.15. The molecule has 4 nitrogen and oxygen atoms in total. The summed E-state index contributed by atoms with van der Waals surface area (Å²) in [5.74, 6) is -0.260. The SMILES string of the molecule is CC(C)(C)[S@@+]([O-])/N=C(/COC(F)(F)F)c1cccc(OC(F)F)c1. The normalized spacial score (nSPS) is 14.8. The number of alkyl halides is 5. The molecule has 0 aromatic heterocycles. The molecule has 1 aromatic carbocycles. The molecule has 0 saturated heterocycles. The molecule has 1 atom stereocenters. The first-order valence-electron chi connectivity index (χ1n) is 6.64. The lowest BCUT2D eigenvalue weighted by molar-refractivity contribution is -0.317. The van der Waals surface area contributed by atoms with Crippen LogP contribution >= 0.6 is 0 Å². The summed E-state index contributed by atoms with van der Waals surface area (Å²) in [6.07, 6.45) is -4.92. The Kier molecular flexibility index (Phi) is 6.99. The quantitative estimate of drug-likeness (QED) is 0.429. The summed E-state index contributed by atoms with van der Waals surface area (Å²) >= 11 is -1.86. The van der Waals surface area contributed by atoms with Crippen LogP contribution < -0.4 is 4.74 Å². The maximum absolute atomic E-state index is 12.3. The molecule has 1 rings (SSSR count). The highest BCUT2D eigenvalue weighted by Crippen LogP contribution is 2.23. The van der Waals surface area contributed by atoms with Crippen LogP contribution in [0.4, 0.5) is 22.0 Å². The number of nitrogens with zero attached hydrogens (tertiary/aromatic N) is 1. The van der Waals surface area contributed by atoms with Crippen molar-refractivity contribution in [3.63, 3.8) is 0 Å². The van der Waals surface area contributed by atoms with Crippen molar-refractivity contribution >= 4 is 17.1 Å². The van der Waals surface area contributed by atoms with Gasteiger partial charge in [0.15, 0.2) is 0 Å². The van der Waals surface area contributed by atoms with Gasteiger partial charge in [-0.25, -0.2) is 0 Å². The minimum atomic E-state index is -4.92. The van der Waals surface area contributed by atoms with Gasteiger partial charge in [-0.15, -0.1) is 13.2 Å². The lowest BCUT2D eigenvalue weighted by Gasteiger charge is -2.20. The summed E-state index contributed by atoms with van der Waals surface area (Å²) in [4.78, 5) is 0. The van der Waals surface area contributed by atoms with E-state index in [0.717, 1.165) is 6.07 Å². The molecule has 0 radical (unpaired) electrons. The zero-order valence-electron chi connectivity index (χ0n) is 13.1.